The second-order valence-corrected chi connectivity index (χ2v) is 5.20. The fourth-order valence-corrected chi connectivity index (χ4v) is 1.77. The molecule has 0 saturated carbocycles. The van der Waals surface area contributed by atoms with E-state index in [1.807, 2.05) is 13.8 Å². The lowest BCUT2D eigenvalue weighted by molar-refractivity contribution is -0.144. The van der Waals surface area contributed by atoms with Gasteiger partial charge in [0, 0.05) is 5.57 Å². The third-order valence-corrected chi connectivity index (χ3v) is 2.62. The zero-order valence-corrected chi connectivity index (χ0v) is 13.5. The van der Waals surface area contributed by atoms with E-state index in [-0.39, 0.29) is 11.5 Å². The first-order valence-corrected chi connectivity index (χ1v) is 7.03. The first kappa shape index (κ1) is 20.9. The molecule has 0 aliphatic heterocycles. The summed E-state index contributed by atoms with van der Waals surface area (Å²) in [5.74, 6) is -2.96. The van der Waals surface area contributed by atoms with Crippen molar-refractivity contribution in [3.63, 3.8) is 0 Å². The standard InChI is InChI=1S/C11H18O4.C4H11N/c1-6(2)5-8(10(12)13)9(7(3)4)11(14)15;1-3-5-4-2/h6,8H,5H2,1-4H3,(H,12,13)(H,14,15);5H,3-4H2,1-2H3. The quantitative estimate of drug-likeness (QED) is 0.627. The molecule has 20 heavy (non-hydrogen) atoms. The Morgan fingerprint density at radius 1 is 1.05 bits per heavy atom. The molecular weight excluding hydrogens is 258 g/mol. The van der Waals surface area contributed by atoms with Crippen molar-refractivity contribution in [2.24, 2.45) is 11.8 Å². The molecule has 0 saturated heterocycles. The van der Waals surface area contributed by atoms with Crippen LogP contribution in [-0.4, -0.2) is 35.2 Å². The minimum atomic E-state index is -1.14. The van der Waals surface area contributed by atoms with E-state index in [2.05, 4.69) is 19.2 Å². The maximum atomic E-state index is 11.0. The molecule has 0 aromatic rings. The van der Waals surface area contributed by atoms with Crippen molar-refractivity contribution in [1.29, 1.82) is 0 Å². The van der Waals surface area contributed by atoms with E-state index in [1.54, 1.807) is 13.8 Å². The number of aliphatic carboxylic acids is 2. The molecule has 0 aromatic carbocycles. The Morgan fingerprint density at radius 3 is 1.65 bits per heavy atom. The van der Waals surface area contributed by atoms with Crippen LogP contribution in [-0.2, 0) is 9.59 Å². The number of carbonyl (C=O) groups is 2. The molecule has 0 aliphatic carbocycles. The summed E-state index contributed by atoms with van der Waals surface area (Å²) in [4.78, 5) is 21.9. The summed E-state index contributed by atoms with van der Waals surface area (Å²) >= 11 is 0. The van der Waals surface area contributed by atoms with E-state index in [1.165, 1.54) is 0 Å². The SMILES string of the molecule is CC(C)=C(C(=O)O)C(CC(C)C)C(=O)O.CCNCC. The Hall–Kier alpha value is -1.36. The Balaban J connectivity index is 0. The molecule has 0 spiro atoms. The van der Waals surface area contributed by atoms with Gasteiger partial charge in [-0.15, -0.1) is 0 Å². The second-order valence-electron chi connectivity index (χ2n) is 5.20. The summed E-state index contributed by atoms with van der Waals surface area (Å²) in [5.41, 5.74) is 0.562. The minimum Gasteiger partial charge on any atom is -0.481 e. The molecule has 5 nitrogen and oxygen atoms in total. The van der Waals surface area contributed by atoms with Gasteiger partial charge in [-0.25, -0.2) is 4.79 Å². The first-order valence-electron chi connectivity index (χ1n) is 7.03. The number of carboxylic acid groups (broad SMARTS) is 2. The highest BCUT2D eigenvalue weighted by Crippen LogP contribution is 2.23. The van der Waals surface area contributed by atoms with Gasteiger partial charge in [0.2, 0.25) is 0 Å². The molecule has 0 radical (unpaired) electrons. The molecule has 0 rings (SSSR count). The molecule has 0 fully saturated rings. The molecule has 1 atom stereocenters. The van der Waals surface area contributed by atoms with Gasteiger partial charge in [-0.05, 0) is 39.3 Å². The van der Waals surface area contributed by atoms with Gasteiger partial charge in [0.15, 0.2) is 0 Å². The van der Waals surface area contributed by atoms with Crippen LogP contribution in [0.15, 0.2) is 11.1 Å². The lowest BCUT2D eigenvalue weighted by Gasteiger charge is -2.16. The molecule has 0 aromatic heterocycles. The number of rotatable bonds is 7. The Labute approximate surface area is 122 Å². The molecular formula is C15H29NO4. The number of hydrogen-bond donors (Lipinski definition) is 3. The van der Waals surface area contributed by atoms with Crippen LogP contribution >= 0.6 is 0 Å². The van der Waals surface area contributed by atoms with Gasteiger partial charge >= 0.3 is 11.9 Å². The fraction of sp³-hybridized carbons (Fsp3) is 0.733. The topological polar surface area (TPSA) is 86.6 Å². The van der Waals surface area contributed by atoms with Crippen LogP contribution < -0.4 is 5.32 Å². The smallest absolute Gasteiger partial charge is 0.332 e. The third-order valence-electron chi connectivity index (χ3n) is 2.62. The third kappa shape index (κ3) is 9.55. The first-order chi connectivity index (χ1) is 9.18. The highest BCUT2D eigenvalue weighted by Gasteiger charge is 2.28. The maximum Gasteiger partial charge on any atom is 0.332 e. The average Bonchev–Trinajstić information content (AvgIpc) is 2.28. The molecule has 5 heteroatoms. The Kier molecular flexibility index (Phi) is 12.0. The van der Waals surface area contributed by atoms with Crippen molar-refractivity contribution in [1.82, 2.24) is 5.32 Å². The molecule has 0 heterocycles. The van der Waals surface area contributed by atoms with Gasteiger partial charge in [-0.3, -0.25) is 4.79 Å². The van der Waals surface area contributed by atoms with Gasteiger partial charge < -0.3 is 15.5 Å². The minimum absolute atomic E-state index is 0.0104. The van der Waals surface area contributed by atoms with Crippen LogP contribution in [0.4, 0.5) is 0 Å². The van der Waals surface area contributed by atoms with Gasteiger partial charge in [0.1, 0.15) is 0 Å². The van der Waals surface area contributed by atoms with Gasteiger partial charge in [0.25, 0.3) is 0 Å². The van der Waals surface area contributed by atoms with Crippen LogP contribution in [0.25, 0.3) is 0 Å². The van der Waals surface area contributed by atoms with E-state index in [0.29, 0.717) is 12.0 Å². The van der Waals surface area contributed by atoms with Crippen LogP contribution in [0.5, 0.6) is 0 Å². The fourth-order valence-electron chi connectivity index (χ4n) is 1.77. The molecule has 1 unspecified atom stereocenters. The van der Waals surface area contributed by atoms with Crippen molar-refractivity contribution < 1.29 is 19.8 Å². The van der Waals surface area contributed by atoms with Crippen molar-refractivity contribution in [2.45, 2.75) is 48.0 Å². The Bertz CT molecular complexity index is 329. The van der Waals surface area contributed by atoms with Crippen LogP contribution in [0.3, 0.4) is 0 Å². The van der Waals surface area contributed by atoms with Crippen LogP contribution in [0, 0.1) is 11.8 Å². The highest BCUT2D eigenvalue weighted by atomic mass is 16.4. The summed E-state index contributed by atoms with van der Waals surface area (Å²) in [6.45, 7) is 13.4. The van der Waals surface area contributed by atoms with Crippen molar-refractivity contribution in [3.05, 3.63) is 11.1 Å². The molecule has 0 amide bonds. The van der Waals surface area contributed by atoms with Gasteiger partial charge in [-0.2, -0.15) is 0 Å². The normalized spacial score (nSPS) is 11.3. The predicted octanol–water partition coefficient (Wildman–Crippen LogP) is 2.77. The highest BCUT2D eigenvalue weighted by molar-refractivity contribution is 5.94. The Morgan fingerprint density at radius 2 is 1.50 bits per heavy atom. The number of allylic oxidation sites excluding steroid dienone is 1. The van der Waals surface area contributed by atoms with Crippen molar-refractivity contribution >= 4 is 11.9 Å². The molecule has 3 N–H and O–H groups in total. The average molecular weight is 287 g/mol. The van der Waals surface area contributed by atoms with Crippen molar-refractivity contribution in [3.8, 4) is 0 Å². The molecule has 118 valence electrons. The monoisotopic (exact) mass is 287 g/mol. The summed E-state index contributed by atoms with van der Waals surface area (Å²) < 4.78 is 0. The summed E-state index contributed by atoms with van der Waals surface area (Å²) in [6, 6.07) is 0. The number of nitrogens with one attached hydrogen (secondary N) is 1. The number of carboxylic acids is 2. The second kappa shape index (κ2) is 11.5. The van der Waals surface area contributed by atoms with Crippen LogP contribution in [0.1, 0.15) is 48.0 Å². The maximum absolute atomic E-state index is 11.0. The summed E-state index contributed by atoms with van der Waals surface area (Å²) in [6.07, 6.45) is 0.349. The predicted molar refractivity (Wildman–Crippen MR) is 80.8 cm³/mol. The lowest BCUT2D eigenvalue weighted by Crippen LogP contribution is -2.24. The van der Waals surface area contributed by atoms with E-state index >= 15 is 0 Å². The van der Waals surface area contributed by atoms with E-state index in [9.17, 15) is 9.59 Å². The molecule has 0 bridgehead atoms. The largest absolute Gasteiger partial charge is 0.481 e. The van der Waals surface area contributed by atoms with Gasteiger partial charge in [-0.1, -0.05) is 33.3 Å². The number of hydrogen-bond acceptors (Lipinski definition) is 3. The zero-order valence-electron chi connectivity index (χ0n) is 13.5. The summed E-state index contributed by atoms with van der Waals surface area (Å²) in [7, 11) is 0. The summed E-state index contributed by atoms with van der Waals surface area (Å²) in [5, 5.41) is 21.1. The van der Waals surface area contributed by atoms with E-state index < -0.39 is 17.9 Å². The van der Waals surface area contributed by atoms with Gasteiger partial charge in [0.05, 0.1) is 5.92 Å². The van der Waals surface area contributed by atoms with E-state index in [0.717, 1.165) is 13.1 Å². The van der Waals surface area contributed by atoms with Crippen LogP contribution in [0.2, 0.25) is 0 Å². The zero-order chi connectivity index (χ0) is 16.3. The molecule has 0 aliphatic rings. The van der Waals surface area contributed by atoms with E-state index in [4.69, 9.17) is 10.2 Å². The lowest BCUT2D eigenvalue weighted by atomic mass is 9.88. The van der Waals surface area contributed by atoms with Crippen molar-refractivity contribution in [2.75, 3.05) is 13.1 Å².